The Morgan fingerprint density at radius 3 is 2.22 bits per heavy atom. The van der Waals surface area contributed by atoms with E-state index in [1.54, 1.807) is 6.20 Å². The van der Waals surface area contributed by atoms with Crippen molar-refractivity contribution in [3.8, 4) is 0 Å². The molecule has 1 aromatic carbocycles. The highest BCUT2D eigenvalue weighted by atomic mass is 16.5. The van der Waals surface area contributed by atoms with E-state index in [0.29, 0.717) is 0 Å². The fourth-order valence-electron chi connectivity index (χ4n) is 1.57. The van der Waals surface area contributed by atoms with E-state index in [9.17, 15) is 0 Å². The Labute approximate surface area is 144 Å². The van der Waals surface area contributed by atoms with Crippen molar-refractivity contribution in [2.24, 2.45) is 4.99 Å². The monoisotopic (exact) mass is 317 g/mol. The fraction of sp³-hybridized carbons (Fsp3) is 0.476. The number of ether oxygens (including phenoxy) is 1. The smallest absolute Gasteiger partial charge is 0.0679 e. The van der Waals surface area contributed by atoms with Crippen LogP contribution in [0.3, 0.4) is 0 Å². The van der Waals surface area contributed by atoms with Crippen LogP contribution in [-0.4, -0.2) is 19.9 Å². The Morgan fingerprint density at radius 1 is 1.13 bits per heavy atom. The van der Waals surface area contributed by atoms with Gasteiger partial charge in [0.15, 0.2) is 0 Å². The number of allylic oxidation sites excluding steroid dienone is 2. The first-order valence-corrected chi connectivity index (χ1v) is 8.70. The summed E-state index contributed by atoms with van der Waals surface area (Å²) in [5.41, 5.74) is 2.70. The Balaban J connectivity index is 0. The number of hydrogen-bond donors (Lipinski definition) is 0. The summed E-state index contributed by atoms with van der Waals surface area (Å²) in [7, 11) is 0. The number of nitrogens with zero attached hydrogens (tertiary/aromatic N) is 1. The lowest BCUT2D eigenvalue weighted by molar-refractivity contribution is 0.155. The minimum Gasteiger partial charge on any atom is -0.377 e. The quantitative estimate of drug-likeness (QED) is 0.316. The van der Waals surface area contributed by atoms with Crippen LogP contribution in [-0.2, 0) is 11.2 Å². The average Bonchev–Trinajstić information content (AvgIpc) is 2.63. The van der Waals surface area contributed by atoms with Crippen LogP contribution >= 0.6 is 0 Å². The zero-order chi connectivity index (χ0) is 17.8. The molecule has 0 aliphatic heterocycles. The van der Waals surface area contributed by atoms with E-state index in [-0.39, 0.29) is 0 Å². The van der Waals surface area contributed by atoms with Gasteiger partial charge in [0.2, 0.25) is 0 Å². The van der Waals surface area contributed by atoms with Gasteiger partial charge < -0.3 is 4.74 Å². The van der Waals surface area contributed by atoms with Crippen LogP contribution in [0.5, 0.6) is 0 Å². The van der Waals surface area contributed by atoms with Gasteiger partial charge in [-0.2, -0.15) is 0 Å². The van der Waals surface area contributed by atoms with Gasteiger partial charge in [-0.3, -0.25) is 4.99 Å². The molecule has 0 bridgehead atoms. The summed E-state index contributed by atoms with van der Waals surface area (Å²) < 4.78 is 5.42. The summed E-state index contributed by atoms with van der Waals surface area (Å²) in [5.74, 6) is 0. The van der Waals surface area contributed by atoms with E-state index in [1.807, 2.05) is 32.1 Å². The van der Waals surface area contributed by atoms with Crippen molar-refractivity contribution in [1.29, 1.82) is 0 Å². The topological polar surface area (TPSA) is 21.6 Å². The Kier molecular flexibility index (Phi) is 20.9. The Morgan fingerprint density at radius 2 is 1.78 bits per heavy atom. The van der Waals surface area contributed by atoms with Crippen molar-refractivity contribution in [2.45, 2.75) is 53.9 Å². The second kappa shape index (κ2) is 20.3. The van der Waals surface area contributed by atoms with Gasteiger partial charge in [0.1, 0.15) is 0 Å². The number of hydrogen-bond acceptors (Lipinski definition) is 2. The second-order valence-corrected chi connectivity index (χ2v) is 4.59. The van der Waals surface area contributed by atoms with Crippen molar-refractivity contribution in [3.63, 3.8) is 0 Å². The highest BCUT2D eigenvalue weighted by Gasteiger charge is 1.91. The minimum absolute atomic E-state index is 0.728. The molecule has 0 aliphatic rings. The van der Waals surface area contributed by atoms with Gasteiger partial charge in [0.05, 0.1) is 6.61 Å². The third-order valence-corrected chi connectivity index (χ3v) is 2.86. The van der Waals surface area contributed by atoms with Crippen molar-refractivity contribution in [1.82, 2.24) is 0 Å². The number of benzene rings is 1. The van der Waals surface area contributed by atoms with E-state index >= 15 is 0 Å². The predicted octanol–water partition coefficient (Wildman–Crippen LogP) is 6.24. The predicted molar refractivity (Wildman–Crippen MR) is 105 cm³/mol. The van der Waals surface area contributed by atoms with Crippen molar-refractivity contribution >= 4 is 6.72 Å². The largest absolute Gasteiger partial charge is 0.377 e. The average molecular weight is 318 g/mol. The molecule has 0 saturated carbocycles. The lowest BCUT2D eigenvalue weighted by atomic mass is 10.2. The van der Waals surface area contributed by atoms with E-state index < -0.39 is 0 Å². The van der Waals surface area contributed by atoms with Crippen molar-refractivity contribution < 1.29 is 4.74 Å². The first-order valence-electron chi connectivity index (χ1n) is 8.70. The van der Waals surface area contributed by atoms with E-state index in [2.05, 4.69) is 56.7 Å². The second-order valence-electron chi connectivity index (χ2n) is 4.59. The summed E-state index contributed by atoms with van der Waals surface area (Å²) in [5, 5.41) is 0. The minimum atomic E-state index is 0.728. The molecule has 0 aliphatic carbocycles. The highest BCUT2D eigenvalue weighted by Crippen LogP contribution is 2.02. The first kappa shape index (κ1) is 23.6. The summed E-state index contributed by atoms with van der Waals surface area (Å²) in [4.78, 5) is 3.62. The van der Waals surface area contributed by atoms with Gasteiger partial charge in [-0.25, -0.2) is 0 Å². The van der Waals surface area contributed by atoms with Crippen molar-refractivity contribution in [2.75, 3.05) is 13.2 Å². The maximum atomic E-state index is 5.42. The molecular formula is C21H35NO. The molecule has 0 fully saturated rings. The highest BCUT2D eigenvalue weighted by molar-refractivity contribution is 5.26. The summed E-state index contributed by atoms with van der Waals surface area (Å²) in [6.45, 7) is 15.3. The lowest BCUT2D eigenvalue weighted by Crippen LogP contribution is -1.98. The Hall–Kier alpha value is -1.67. The number of aliphatic imine (C=N–C) groups is 1. The van der Waals surface area contributed by atoms with Gasteiger partial charge in [0.25, 0.3) is 0 Å². The van der Waals surface area contributed by atoms with E-state index in [0.717, 1.165) is 32.5 Å². The van der Waals surface area contributed by atoms with Crippen LogP contribution in [0.4, 0.5) is 0 Å². The molecule has 0 unspecified atom stereocenters. The molecule has 130 valence electrons. The van der Waals surface area contributed by atoms with Gasteiger partial charge in [-0.1, -0.05) is 71.0 Å². The fourth-order valence-corrected chi connectivity index (χ4v) is 1.57. The molecule has 2 nitrogen and oxygen atoms in total. The number of rotatable bonds is 8. The van der Waals surface area contributed by atoms with Gasteiger partial charge in [-0.05, 0) is 43.2 Å². The maximum Gasteiger partial charge on any atom is 0.0679 e. The molecular weight excluding hydrogens is 282 g/mol. The molecule has 0 saturated heterocycles. The van der Waals surface area contributed by atoms with Gasteiger partial charge in [-0.15, -0.1) is 0 Å². The van der Waals surface area contributed by atoms with Gasteiger partial charge in [0, 0.05) is 12.8 Å². The summed E-state index contributed by atoms with van der Waals surface area (Å²) >= 11 is 0. The molecule has 0 heterocycles. The molecule has 0 spiro atoms. The Bertz CT molecular complexity index is 407. The molecule has 0 radical (unpaired) electrons. The van der Waals surface area contributed by atoms with Crippen LogP contribution < -0.4 is 0 Å². The number of aryl methyl sites for hydroxylation is 1. The summed E-state index contributed by atoms with van der Waals surface area (Å²) in [6.07, 6.45) is 8.83. The molecule has 23 heavy (non-hydrogen) atoms. The molecule has 0 amide bonds. The molecule has 0 N–H and O–H groups in total. The van der Waals surface area contributed by atoms with Crippen LogP contribution in [0.15, 0.2) is 59.2 Å². The molecule has 0 aromatic heterocycles. The van der Waals surface area contributed by atoms with Crippen LogP contribution in [0, 0.1) is 0 Å². The molecule has 0 atom stereocenters. The SMILES string of the molecule is C=N/C=C\C=C(\CC)COCCC.CC.CCc1ccccc1. The van der Waals surface area contributed by atoms with Crippen LogP contribution in [0.2, 0.25) is 0 Å². The van der Waals surface area contributed by atoms with E-state index in [4.69, 9.17) is 4.74 Å². The van der Waals surface area contributed by atoms with Gasteiger partial charge >= 0.3 is 0 Å². The molecule has 2 heteroatoms. The van der Waals surface area contributed by atoms with E-state index in [1.165, 1.54) is 11.1 Å². The standard InChI is InChI=1S/C11H19NO.C8H10.C2H6/c1-4-9-13-10-11(5-2)7-6-8-12-3;1-2-8-6-4-3-5-7-8;1-2/h6-8H,3-5,9-10H2,1-2H3;3-7H,2H2,1H3;1-2H3/b8-6-,11-7-;;. The third-order valence-electron chi connectivity index (χ3n) is 2.86. The third kappa shape index (κ3) is 16.5. The normalized spacial score (nSPS) is 10.4. The first-order chi connectivity index (χ1) is 11.3. The summed E-state index contributed by atoms with van der Waals surface area (Å²) in [6, 6.07) is 10.5. The van der Waals surface area contributed by atoms with Crippen LogP contribution in [0.25, 0.3) is 0 Å². The van der Waals surface area contributed by atoms with Crippen LogP contribution in [0.1, 0.15) is 53.0 Å². The molecule has 1 rings (SSSR count). The zero-order valence-electron chi connectivity index (χ0n) is 15.7. The lowest BCUT2D eigenvalue weighted by Gasteiger charge is -2.03. The molecule has 1 aromatic rings. The zero-order valence-corrected chi connectivity index (χ0v) is 15.7. The van der Waals surface area contributed by atoms with Crippen molar-refractivity contribution in [3.05, 3.63) is 59.8 Å². The maximum absolute atomic E-state index is 5.42.